The molecular formula is C15H27NO. The Balaban J connectivity index is 4.18. The fourth-order valence-electron chi connectivity index (χ4n) is 2.13. The maximum absolute atomic E-state index is 10.8. The molecular weight excluding hydrogens is 210 g/mol. The first-order valence-corrected chi connectivity index (χ1v) is 6.13. The molecule has 0 fully saturated rings. The first-order valence-electron chi connectivity index (χ1n) is 6.13. The van der Waals surface area contributed by atoms with E-state index in [0.717, 1.165) is 18.7 Å². The van der Waals surface area contributed by atoms with Gasteiger partial charge in [0.2, 0.25) is 0 Å². The molecule has 98 valence electrons. The van der Waals surface area contributed by atoms with E-state index in [9.17, 15) is 4.79 Å². The monoisotopic (exact) mass is 237 g/mol. The van der Waals surface area contributed by atoms with Gasteiger partial charge in [-0.15, -0.1) is 0 Å². The fraction of sp³-hybridized carbons (Fsp3) is 0.667. The number of ketones is 1. The first kappa shape index (κ1) is 16.0. The second-order valence-corrected chi connectivity index (χ2v) is 6.72. The lowest BCUT2D eigenvalue weighted by atomic mass is 9.76. The summed E-state index contributed by atoms with van der Waals surface area (Å²) in [5.41, 5.74) is 1.33. The van der Waals surface area contributed by atoms with E-state index in [0.29, 0.717) is 5.41 Å². The summed E-state index contributed by atoms with van der Waals surface area (Å²) in [5.74, 6) is 0.0434. The number of carbonyl (C=O) groups is 1. The Hall–Kier alpha value is -1.05. The minimum Gasteiger partial charge on any atom is -0.385 e. The highest BCUT2D eigenvalue weighted by molar-refractivity contribution is 5.87. The average Bonchev–Trinajstić information content (AvgIpc) is 2.07. The van der Waals surface area contributed by atoms with Gasteiger partial charge < -0.3 is 5.32 Å². The molecule has 0 aliphatic heterocycles. The van der Waals surface area contributed by atoms with Gasteiger partial charge in [0, 0.05) is 12.2 Å². The van der Waals surface area contributed by atoms with Crippen LogP contribution >= 0.6 is 0 Å². The van der Waals surface area contributed by atoms with Crippen LogP contribution in [0.1, 0.15) is 48.0 Å². The Morgan fingerprint density at radius 1 is 1.18 bits per heavy atom. The van der Waals surface area contributed by atoms with Crippen molar-refractivity contribution in [3.8, 4) is 0 Å². The van der Waals surface area contributed by atoms with Crippen LogP contribution in [-0.4, -0.2) is 12.3 Å². The maximum Gasteiger partial charge on any atom is 0.152 e. The Labute approximate surface area is 106 Å². The van der Waals surface area contributed by atoms with E-state index < -0.39 is 0 Å². The van der Waals surface area contributed by atoms with Crippen molar-refractivity contribution in [1.29, 1.82) is 0 Å². The molecule has 0 heterocycles. The molecule has 0 radical (unpaired) electrons. The second kappa shape index (κ2) is 6.04. The van der Waals surface area contributed by atoms with Gasteiger partial charge in [-0.1, -0.05) is 41.2 Å². The molecule has 0 aliphatic carbocycles. The summed E-state index contributed by atoms with van der Waals surface area (Å²) >= 11 is 0. The highest BCUT2D eigenvalue weighted by Crippen LogP contribution is 2.32. The second-order valence-electron chi connectivity index (χ2n) is 6.72. The van der Waals surface area contributed by atoms with Gasteiger partial charge in [-0.25, -0.2) is 0 Å². The van der Waals surface area contributed by atoms with Crippen LogP contribution in [0.4, 0.5) is 0 Å². The van der Waals surface area contributed by atoms with Crippen molar-refractivity contribution in [2.75, 3.05) is 6.54 Å². The van der Waals surface area contributed by atoms with Crippen LogP contribution < -0.4 is 5.32 Å². The van der Waals surface area contributed by atoms with Gasteiger partial charge in [-0.3, -0.25) is 4.79 Å². The van der Waals surface area contributed by atoms with Crippen LogP contribution in [-0.2, 0) is 4.79 Å². The van der Waals surface area contributed by atoms with E-state index in [1.165, 1.54) is 13.0 Å². The molecule has 0 bridgehead atoms. The topological polar surface area (TPSA) is 29.1 Å². The number of hydrogen-bond acceptors (Lipinski definition) is 2. The molecule has 0 atom stereocenters. The van der Waals surface area contributed by atoms with Crippen molar-refractivity contribution in [3.05, 3.63) is 24.4 Å². The molecule has 1 N–H and O–H groups in total. The lowest BCUT2D eigenvalue weighted by molar-refractivity contribution is -0.112. The van der Waals surface area contributed by atoms with Crippen molar-refractivity contribution >= 4 is 5.78 Å². The largest absolute Gasteiger partial charge is 0.385 e. The molecule has 0 spiro atoms. The van der Waals surface area contributed by atoms with Gasteiger partial charge >= 0.3 is 0 Å². The molecule has 0 saturated carbocycles. The number of hydrogen-bond donors (Lipinski definition) is 1. The highest BCUT2D eigenvalue weighted by Gasteiger charge is 2.25. The molecule has 2 nitrogen and oxygen atoms in total. The number of allylic oxidation sites excluding steroid dienone is 2. The van der Waals surface area contributed by atoms with Crippen LogP contribution in [0.15, 0.2) is 24.4 Å². The summed E-state index contributed by atoms with van der Waals surface area (Å²) in [6.45, 7) is 17.5. The summed E-state index contributed by atoms with van der Waals surface area (Å²) < 4.78 is 0. The first-order chi connectivity index (χ1) is 7.52. The van der Waals surface area contributed by atoms with Crippen molar-refractivity contribution in [2.24, 2.45) is 10.8 Å². The smallest absolute Gasteiger partial charge is 0.152 e. The molecule has 0 amide bonds. The van der Waals surface area contributed by atoms with Crippen LogP contribution in [0, 0.1) is 10.8 Å². The SMILES string of the molecule is C=C(/C=C\C(C)=O)NCC(C)(C)CC(C)(C)C. The summed E-state index contributed by atoms with van der Waals surface area (Å²) in [6.07, 6.45) is 4.40. The maximum atomic E-state index is 10.8. The molecule has 0 aromatic carbocycles. The lowest BCUT2D eigenvalue weighted by Crippen LogP contribution is -2.32. The van der Waals surface area contributed by atoms with Gasteiger partial charge in [0.05, 0.1) is 0 Å². The highest BCUT2D eigenvalue weighted by atomic mass is 16.1. The van der Waals surface area contributed by atoms with Crippen LogP contribution in [0.2, 0.25) is 0 Å². The number of rotatable bonds is 6. The van der Waals surface area contributed by atoms with Gasteiger partial charge in [0.1, 0.15) is 0 Å². The Kier molecular flexibility index (Phi) is 5.67. The van der Waals surface area contributed by atoms with Gasteiger partial charge in [-0.2, -0.15) is 0 Å². The zero-order chi connectivity index (χ0) is 13.7. The van der Waals surface area contributed by atoms with Gasteiger partial charge in [0.25, 0.3) is 0 Å². The molecule has 0 saturated heterocycles. The summed E-state index contributed by atoms with van der Waals surface area (Å²) in [4.78, 5) is 10.8. The third-order valence-corrected chi connectivity index (χ3v) is 2.32. The fourth-order valence-corrected chi connectivity index (χ4v) is 2.13. The van der Waals surface area contributed by atoms with Crippen LogP contribution in [0.3, 0.4) is 0 Å². The normalized spacial score (nSPS) is 12.8. The van der Waals surface area contributed by atoms with E-state index in [2.05, 4.69) is 46.5 Å². The lowest BCUT2D eigenvalue weighted by Gasteiger charge is -2.33. The van der Waals surface area contributed by atoms with Crippen LogP contribution in [0.5, 0.6) is 0 Å². The number of carbonyl (C=O) groups excluding carboxylic acids is 1. The Morgan fingerprint density at radius 3 is 2.12 bits per heavy atom. The molecule has 0 aromatic rings. The molecule has 0 rings (SSSR count). The third-order valence-electron chi connectivity index (χ3n) is 2.32. The summed E-state index contributed by atoms with van der Waals surface area (Å²) in [5, 5.41) is 3.27. The van der Waals surface area contributed by atoms with E-state index in [1.807, 2.05) is 0 Å². The van der Waals surface area contributed by atoms with Crippen LogP contribution in [0.25, 0.3) is 0 Å². The number of nitrogens with one attached hydrogen (secondary N) is 1. The van der Waals surface area contributed by atoms with E-state index in [-0.39, 0.29) is 11.2 Å². The Morgan fingerprint density at radius 2 is 1.71 bits per heavy atom. The predicted octanol–water partition coefficient (Wildman–Crippen LogP) is 3.70. The molecule has 2 heteroatoms. The summed E-state index contributed by atoms with van der Waals surface area (Å²) in [7, 11) is 0. The molecule has 17 heavy (non-hydrogen) atoms. The van der Waals surface area contributed by atoms with Crippen molar-refractivity contribution < 1.29 is 4.79 Å². The van der Waals surface area contributed by atoms with E-state index in [4.69, 9.17) is 0 Å². The quantitative estimate of drug-likeness (QED) is 0.564. The minimum atomic E-state index is 0.0434. The Bertz CT molecular complexity index is 305. The van der Waals surface area contributed by atoms with Crippen molar-refractivity contribution in [2.45, 2.75) is 48.0 Å². The van der Waals surface area contributed by atoms with Gasteiger partial charge in [-0.05, 0) is 36.3 Å². The minimum absolute atomic E-state index is 0.0434. The van der Waals surface area contributed by atoms with Crippen molar-refractivity contribution in [1.82, 2.24) is 5.32 Å². The van der Waals surface area contributed by atoms with E-state index in [1.54, 1.807) is 6.08 Å². The predicted molar refractivity (Wildman–Crippen MR) is 74.8 cm³/mol. The molecule has 0 aromatic heterocycles. The zero-order valence-corrected chi connectivity index (χ0v) is 12.2. The van der Waals surface area contributed by atoms with E-state index >= 15 is 0 Å². The average molecular weight is 237 g/mol. The molecule has 0 aliphatic rings. The zero-order valence-electron chi connectivity index (χ0n) is 12.2. The third kappa shape index (κ3) is 9.86. The summed E-state index contributed by atoms with van der Waals surface area (Å²) in [6, 6.07) is 0. The standard InChI is InChI=1S/C15H27NO/c1-12(8-9-13(2)17)16-11-15(6,7)10-14(3,4)5/h8-9,16H,1,10-11H2,2-7H3/b9-8-. The molecule has 0 unspecified atom stereocenters. The van der Waals surface area contributed by atoms with Gasteiger partial charge in [0.15, 0.2) is 5.78 Å². The van der Waals surface area contributed by atoms with Crippen molar-refractivity contribution in [3.63, 3.8) is 0 Å².